The van der Waals surface area contributed by atoms with Crippen LogP contribution in [0.15, 0.2) is 30.6 Å². The molecule has 130 valence electrons. The number of aromatic amines is 1. The van der Waals surface area contributed by atoms with Crippen LogP contribution >= 0.6 is 0 Å². The molecule has 3 aromatic heterocycles. The van der Waals surface area contributed by atoms with E-state index < -0.39 is 0 Å². The lowest BCUT2D eigenvalue weighted by Crippen LogP contribution is -2.39. The van der Waals surface area contributed by atoms with E-state index in [-0.39, 0.29) is 11.9 Å². The number of hydrogen-bond acceptors (Lipinski definition) is 5. The van der Waals surface area contributed by atoms with Crippen LogP contribution in [0.4, 0.5) is 0 Å². The van der Waals surface area contributed by atoms with Gasteiger partial charge in [0.1, 0.15) is 17.9 Å². The van der Waals surface area contributed by atoms with Gasteiger partial charge in [-0.05, 0) is 31.4 Å². The van der Waals surface area contributed by atoms with Crippen molar-refractivity contribution in [3.05, 3.63) is 47.9 Å². The van der Waals surface area contributed by atoms with Gasteiger partial charge in [-0.1, -0.05) is 6.07 Å². The van der Waals surface area contributed by atoms with E-state index in [1.165, 1.54) is 0 Å². The number of nitrogens with zero attached hydrogens (tertiary/aromatic N) is 5. The quantitative estimate of drug-likeness (QED) is 0.784. The molecule has 1 amide bonds. The number of ether oxygens (including phenoxy) is 1. The Kier molecular flexibility index (Phi) is 4.19. The average molecular weight is 340 g/mol. The van der Waals surface area contributed by atoms with Gasteiger partial charge >= 0.3 is 0 Å². The highest BCUT2D eigenvalue weighted by Crippen LogP contribution is 2.30. The molecule has 0 spiro atoms. The molecule has 1 aliphatic rings. The van der Waals surface area contributed by atoms with Gasteiger partial charge in [-0.3, -0.25) is 9.89 Å². The third-order valence-corrected chi connectivity index (χ3v) is 4.47. The summed E-state index contributed by atoms with van der Waals surface area (Å²) in [5.41, 5.74) is 1.21. The van der Waals surface area contributed by atoms with E-state index in [0.717, 1.165) is 24.9 Å². The number of carbonyl (C=O) groups excluding carboxylic acids is 1. The van der Waals surface area contributed by atoms with Gasteiger partial charge in [-0.2, -0.15) is 5.10 Å². The molecule has 0 saturated carbocycles. The van der Waals surface area contributed by atoms with E-state index >= 15 is 0 Å². The second-order valence-electron chi connectivity index (χ2n) is 6.18. The van der Waals surface area contributed by atoms with Crippen LogP contribution in [0, 0.1) is 0 Å². The van der Waals surface area contributed by atoms with Crippen LogP contribution in [0.5, 0.6) is 0 Å². The Morgan fingerprint density at radius 3 is 3.12 bits per heavy atom. The maximum absolute atomic E-state index is 13.0. The number of likely N-dealkylation sites (tertiary alicyclic amines) is 1. The van der Waals surface area contributed by atoms with Crippen LogP contribution in [-0.4, -0.2) is 49.0 Å². The fourth-order valence-electron chi connectivity index (χ4n) is 3.29. The Hall–Kier alpha value is -2.74. The van der Waals surface area contributed by atoms with Gasteiger partial charge in [0.25, 0.3) is 5.91 Å². The van der Waals surface area contributed by atoms with Gasteiger partial charge in [0.15, 0.2) is 11.6 Å². The van der Waals surface area contributed by atoms with Crippen LogP contribution < -0.4 is 0 Å². The molecule has 0 aliphatic carbocycles. The maximum atomic E-state index is 13.0. The van der Waals surface area contributed by atoms with Crippen LogP contribution in [0.25, 0.3) is 5.65 Å². The van der Waals surface area contributed by atoms with Gasteiger partial charge in [-0.25, -0.2) is 9.97 Å². The highest BCUT2D eigenvalue weighted by Gasteiger charge is 2.32. The zero-order valence-corrected chi connectivity index (χ0v) is 14.1. The van der Waals surface area contributed by atoms with Crippen molar-refractivity contribution < 1.29 is 9.53 Å². The summed E-state index contributed by atoms with van der Waals surface area (Å²) in [6, 6.07) is 5.58. The van der Waals surface area contributed by atoms with Crippen LogP contribution in [-0.2, 0) is 11.3 Å². The highest BCUT2D eigenvalue weighted by atomic mass is 16.5. The summed E-state index contributed by atoms with van der Waals surface area (Å²) in [5, 5.41) is 7.17. The third kappa shape index (κ3) is 3.00. The van der Waals surface area contributed by atoms with E-state index in [1.54, 1.807) is 13.3 Å². The lowest BCUT2D eigenvalue weighted by atomic mass is 10.0. The number of fused-ring (bicyclic) bond motifs is 1. The number of hydrogen-bond donors (Lipinski definition) is 1. The predicted octanol–water partition coefficient (Wildman–Crippen LogP) is 1.97. The number of aromatic nitrogens is 5. The number of nitrogens with one attached hydrogen (secondary N) is 1. The van der Waals surface area contributed by atoms with Crippen molar-refractivity contribution in [2.24, 2.45) is 0 Å². The van der Waals surface area contributed by atoms with Crippen molar-refractivity contribution in [3.8, 4) is 0 Å². The molecule has 1 saturated heterocycles. The lowest BCUT2D eigenvalue weighted by molar-refractivity contribution is 0.0594. The Morgan fingerprint density at radius 2 is 2.28 bits per heavy atom. The van der Waals surface area contributed by atoms with Crippen molar-refractivity contribution in [1.82, 2.24) is 29.5 Å². The first-order valence-corrected chi connectivity index (χ1v) is 8.41. The number of carbonyl (C=O) groups is 1. The molecule has 0 bridgehead atoms. The Bertz CT molecular complexity index is 853. The highest BCUT2D eigenvalue weighted by molar-refractivity contribution is 5.93. The molecular formula is C17H20N6O2. The number of H-pyrrole nitrogens is 1. The summed E-state index contributed by atoms with van der Waals surface area (Å²) >= 11 is 0. The summed E-state index contributed by atoms with van der Waals surface area (Å²) in [4.78, 5) is 23.8. The molecule has 0 aromatic carbocycles. The Morgan fingerprint density at radius 1 is 1.36 bits per heavy atom. The molecule has 25 heavy (non-hydrogen) atoms. The largest absolute Gasteiger partial charge is 0.377 e. The molecule has 1 atom stereocenters. The second kappa shape index (κ2) is 6.64. The SMILES string of the molecule is COCc1nc([C@H]2CCCCN2C(=O)c2cn3ccccc3n2)n[nH]1. The zero-order chi connectivity index (χ0) is 17.2. The lowest BCUT2D eigenvalue weighted by Gasteiger charge is -2.33. The minimum Gasteiger partial charge on any atom is -0.377 e. The summed E-state index contributed by atoms with van der Waals surface area (Å²) < 4.78 is 6.94. The molecular weight excluding hydrogens is 320 g/mol. The minimum absolute atomic E-state index is 0.0773. The van der Waals surface area contributed by atoms with Gasteiger partial charge in [0.05, 0.1) is 6.04 Å². The molecule has 8 heteroatoms. The topological polar surface area (TPSA) is 88.4 Å². The van der Waals surface area contributed by atoms with Crippen LogP contribution in [0.2, 0.25) is 0 Å². The molecule has 8 nitrogen and oxygen atoms in total. The molecule has 4 heterocycles. The number of rotatable bonds is 4. The minimum atomic E-state index is -0.132. The first kappa shape index (κ1) is 15.8. The second-order valence-corrected chi connectivity index (χ2v) is 6.18. The molecule has 1 aliphatic heterocycles. The smallest absolute Gasteiger partial charge is 0.274 e. The van der Waals surface area contributed by atoms with E-state index in [4.69, 9.17) is 4.74 Å². The van der Waals surface area contributed by atoms with Crippen molar-refractivity contribution in [2.75, 3.05) is 13.7 Å². The number of imidazole rings is 1. The first-order valence-electron chi connectivity index (χ1n) is 8.41. The van der Waals surface area contributed by atoms with Gasteiger partial charge in [0, 0.05) is 26.0 Å². The fourth-order valence-corrected chi connectivity index (χ4v) is 3.29. The molecule has 1 fully saturated rings. The summed E-state index contributed by atoms with van der Waals surface area (Å²) in [5.74, 6) is 1.23. The van der Waals surface area contributed by atoms with Crippen molar-refractivity contribution in [2.45, 2.75) is 31.9 Å². The summed E-state index contributed by atoms with van der Waals surface area (Å²) in [6.45, 7) is 1.06. The summed E-state index contributed by atoms with van der Waals surface area (Å²) in [7, 11) is 1.61. The summed E-state index contributed by atoms with van der Waals surface area (Å²) in [6.07, 6.45) is 6.54. The third-order valence-electron chi connectivity index (χ3n) is 4.47. The number of amides is 1. The van der Waals surface area contributed by atoms with Crippen molar-refractivity contribution in [3.63, 3.8) is 0 Å². The Balaban J connectivity index is 1.62. The van der Waals surface area contributed by atoms with Gasteiger partial charge in [0.2, 0.25) is 0 Å². The van der Waals surface area contributed by atoms with Crippen LogP contribution in [0.1, 0.15) is 47.4 Å². The van der Waals surface area contributed by atoms with Crippen molar-refractivity contribution in [1.29, 1.82) is 0 Å². The van der Waals surface area contributed by atoms with Gasteiger partial charge < -0.3 is 14.0 Å². The molecule has 0 unspecified atom stereocenters. The Labute approximate surface area is 144 Å². The predicted molar refractivity (Wildman–Crippen MR) is 89.9 cm³/mol. The standard InChI is InChI=1S/C17H20N6O2/c1-25-11-14-19-16(21-20-14)13-6-2-5-9-23(13)17(24)12-10-22-8-4-3-7-15(22)18-12/h3-4,7-8,10,13H,2,5-6,9,11H2,1H3,(H,19,20,21)/t13-/m1/s1. The van der Waals surface area contributed by atoms with Crippen molar-refractivity contribution >= 4 is 11.6 Å². The van der Waals surface area contributed by atoms with E-state index in [0.29, 0.717) is 30.5 Å². The number of methoxy groups -OCH3 is 1. The average Bonchev–Trinajstić information content (AvgIpc) is 3.28. The molecule has 0 radical (unpaired) electrons. The van der Waals surface area contributed by atoms with Crippen LogP contribution in [0.3, 0.4) is 0 Å². The molecule has 1 N–H and O–H groups in total. The normalized spacial score (nSPS) is 18.0. The number of pyridine rings is 1. The fraction of sp³-hybridized carbons (Fsp3) is 0.412. The van der Waals surface area contributed by atoms with E-state index in [2.05, 4.69) is 20.2 Å². The molecule has 4 rings (SSSR count). The first-order chi connectivity index (χ1) is 12.3. The zero-order valence-electron chi connectivity index (χ0n) is 14.1. The van der Waals surface area contributed by atoms with E-state index in [9.17, 15) is 4.79 Å². The van der Waals surface area contributed by atoms with Gasteiger partial charge in [-0.15, -0.1) is 0 Å². The maximum Gasteiger partial charge on any atom is 0.274 e. The number of piperidine rings is 1. The molecule has 3 aromatic rings. The monoisotopic (exact) mass is 340 g/mol. The van der Waals surface area contributed by atoms with E-state index in [1.807, 2.05) is 33.7 Å².